The maximum absolute atomic E-state index is 12.8. The quantitative estimate of drug-likeness (QED) is 0.152. The first-order valence-electron chi connectivity index (χ1n) is 38.0. The molecule has 21 nitrogen and oxygen atoms in total. The van der Waals surface area contributed by atoms with E-state index in [0.717, 1.165) is 32.8 Å². The lowest BCUT2D eigenvalue weighted by molar-refractivity contribution is -0.131. The lowest BCUT2D eigenvalue weighted by Gasteiger charge is -2.41. The topological polar surface area (TPSA) is 208 Å². The molecule has 3 aliphatic heterocycles. The number of carbonyl (C=O) groups is 3. The predicted octanol–water partition coefficient (Wildman–Crippen LogP) is 5.58. The highest BCUT2D eigenvalue weighted by molar-refractivity contribution is 5.90. The minimum Gasteiger partial charge on any atom is -0.354 e. The lowest BCUT2D eigenvalue weighted by atomic mass is 9.92. The number of amides is 3. The van der Waals surface area contributed by atoms with Crippen molar-refractivity contribution >= 4 is 68.3 Å². The van der Waals surface area contributed by atoms with E-state index in [2.05, 4.69) is 59.4 Å². The molecule has 0 radical (unpaired) electrons. The third-order valence-corrected chi connectivity index (χ3v) is 10.2. The van der Waals surface area contributed by atoms with Gasteiger partial charge in [0.2, 0.25) is 0 Å². The first-order chi connectivity index (χ1) is 47.7. The minimum absolute atomic E-state index is 0.0234. The highest BCUT2D eigenvalue weighted by Crippen LogP contribution is 2.32. The molecule has 3 fully saturated rings. The van der Waals surface area contributed by atoms with Crippen LogP contribution in [0.2, 0.25) is 0 Å². The molecule has 6 aromatic rings. The molecule has 0 aliphatic carbocycles. The highest BCUT2D eigenvalue weighted by Gasteiger charge is 2.36. The molecule has 0 saturated carbocycles. The molecule has 3 amide bonds. The molecular formula is C51H66N18O3. The number of aromatic amines is 3. The monoisotopic (exact) mass is 1010 g/mol. The first-order valence-corrected chi connectivity index (χ1v) is 21.0. The summed E-state index contributed by atoms with van der Waals surface area (Å²) in [4.78, 5) is 79.1. The fourth-order valence-electron chi connectivity index (χ4n) is 6.78. The normalized spacial score (nSPS) is 38.5. The summed E-state index contributed by atoms with van der Waals surface area (Å²) in [5.74, 6) is -14.4. The standard InChI is InChI=1S/3C17H22N6O/c3*1-11-5-6-23(15(24)8-18-3)9-14(11)22(4)17-13-7-12(2)21-16(13)19-10-20-17/h3*7,10-11,14H,5-6,8-9H2,1-2,4H3,(H,19,20,21)/t3*11-,14+/m111/s1/i1D3,5D2,6D2,7D,9D2,10D,11D,14D;5D2,6D2,7D,9D2,10D,11D,14D;4D3,5D2,6D2,7D,9D2,10D. The van der Waals surface area contributed by atoms with Crippen LogP contribution in [0.25, 0.3) is 47.6 Å². The second kappa shape index (κ2) is 22.9. The molecule has 72 heavy (non-hydrogen) atoms. The summed E-state index contributed by atoms with van der Waals surface area (Å²) in [5, 5.41) is -0.396. The van der Waals surface area contributed by atoms with E-state index in [9.17, 15) is 17.1 Å². The molecule has 3 saturated heterocycles. The molecule has 0 bridgehead atoms. The zero-order valence-corrected chi connectivity index (χ0v) is 39.2. The van der Waals surface area contributed by atoms with E-state index in [4.69, 9.17) is 63.6 Å². The molecule has 378 valence electrons. The van der Waals surface area contributed by atoms with Crippen molar-refractivity contribution < 1.29 is 61.0 Å². The van der Waals surface area contributed by atoms with Crippen molar-refractivity contribution in [2.45, 2.75) is 78.7 Å². The number of carbonyl (C=O) groups excluding carboxylic acids is 3. The van der Waals surface area contributed by atoms with E-state index >= 15 is 0 Å². The summed E-state index contributed by atoms with van der Waals surface area (Å²) in [7, 11) is 1.96. The third kappa shape index (κ3) is 11.5. The Morgan fingerprint density at radius 3 is 1.42 bits per heavy atom. The van der Waals surface area contributed by atoms with E-state index in [1.165, 1.54) is 13.8 Å². The number of H-pyrrole nitrogens is 3. The van der Waals surface area contributed by atoms with Crippen LogP contribution in [0.4, 0.5) is 17.5 Å². The number of fused-ring (bicyclic) bond motifs is 3. The Labute approximate surface area is 468 Å². The summed E-state index contributed by atoms with van der Waals surface area (Å²) in [6, 6.07) is -9.51. The molecule has 6 atom stereocenters. The number of rotatable bonds is 9. The number of nitrogens with zero attached hydrogens (tertiary/aromatic N) is 15. The van der Waals surface area contributed by atoms with E-state index in [0.29, 0.717) is 15.5 Å². The Morgan fingerprint density at radius 1 is 0.639 bits per heavy atom. The molecular weight excluding hydrogens is 913 g/mol. The summed E-state index contributed by atoms with van der Waals surface area (Å²) in [6.07, 6.45) is -12.2. The van der Waals surface area contributed by atoms with Gasteiger partial charge in [0, 0.05) is 105 Å². The van der Waals surface area contributed by atoms with E-state index in [1.54, 1.807) is 6.92 Å². The summed E-state index contributed by atoms with van der Waals surface area (Å²) in [6.45, 7) is -3.85. The van der Waals surface area contributed by atoms with E-state index < -0.39 is 176 Å². The Morgan fingerprint density at radius 2 is 1.01 bits per heavy atom. The van der Waals surface area contributed by atoms with Crippen molar-refractivity contribution in [1.29, 1.82) is 0 Å². The van der Waals surface area contributed by atoms with Crippen LogP contribution < -0.4 is 14.7 Å². The second-order valence-corrected chi connectivity index (χ2v) is 15.4. The maximum Gasteiger partial charge on any atom is 0.302 e. The van der Waals surface area contributed by atoms with E-state index in [-0.39, 0.29) is 83.1 Å². The summed E-state index contributed by atoms with van der Waals surface area (Å²) >= 11 is 0. The summed E-state index contributed by atoms with van der Waals surface area (Å²) < 4.78 is 286. The van der Waals surface area contributed by atoms with Gasteiger partial charge >= 0.3 is 17.7 Å². The highest BCUT2D eigenvalue weighted by atomic mass is 16.2. The maximum atomic E-state index is 12.8. The van der Waals surface area contributed by atoms with Crippen LogP contribution in [-0.2, 0) is 14.4 Å². The van der Waals surface area contributed by atoms with Gasteiger partial charge in [0.25, 0.3) is 19.6 Å². The fourth-order valence-corrected chi connectivity index (χ4v) is 6.78. The Balaban J connectivity index is 0.000000222. The zero-order valence-electron chi connectivity index (χ0n) is 73.2. The molecule has 0 spiro atoms. The van der Waals surface area contributed by atoms with Crippen molar-refractivity contribution in [2.24, 2.45) is 17.7 Å². The van der Waals surface area contributed by atoms with Gasteiger partial charge in [-0.1, -0.05) is 20.7 Å². The number of anilines is 3. The van der Waals surface area contributed by atoms with Gasteiger partial charge in [-0.25, -0.2) is 49.6 Å². The van der Waals surface area contributed by atoms with Crippen LogP contribution in [0.5, 0.6) is 0 Å². The van der Waals surface area contributed by atoms with Crippen molar-refractivity contribution in [1.82, 2.24) is 59.6 Å². The van der Waals surface area contributed by atoms with Gasteiger partial charge in [-0.2, -0.15) is 0 Å². The van der Waals surface area contributed by atoms with Crippen molar-refractivity contribution in [3.63, 3.8) is 0 Å². The average Bonchev–Trinajstić information content (AvgIpc) is 0.727. The first kappa shape index (κ1) is 23.6. The fraction of sp³-hybridized carbons (Fsp3) is 0.529. The largest absolute Gasteiger partial charge is 0.354 e. The molecule has 3 N–H and O–H groups in total. The minimum atomic E-state index is -3.96. The predicted molar refractivity (Wildman–Crippen MR) is 278 cm³/mol. The van der Waals surface area contributed by atoms with Crippen LogP contribution in [0.1, 0.15) is 104 Å². The number of aromatic nitrogens is 9. The van der Waals surface area contributed by atoms with Gasteiger partial charge in [0.05, 0.1) is 49.3 Å². The van der Waals surface area contributed by atoms with Gasteiger partial charge in [-0.3, -0.25) is 14.4 Å². The number of hydrogen-bond donors (Lipinski definition) is 3. The van der Waals surface area contributed by atoms with Gasteiger partial charge in [0.1, 0.15) is 57.4 Å². The molecule has 0 unspecified atom stereocenters. The molecule has 0 aromatic carbocycles. The van der Waals surface area contributed by atoms with E-state index in [1.807, 2.05) is 0 Å². The molecule has 9 heterocycles. The number of nitrogens with one attached hydrogen (secondary N) is 3. The Kier molecular flexibility index (Phi) is 7.51. The second-order valence-electron chi connectivity index (χ2n) is 15.4. The van der Waals surface area contributed by atoms with Gasteiger partial charge < -0.3 is 58.9 Å². The van der Waals surface area contributed by atoms with Crippen LogP contribution in [0.15, 0.2) is 37.0 Å². The van der Waals surface area contributed by atoms with Crippen LogP contribution in [0.3, 0.4) is 0 Å². The number of hydrogen-bond acceptors (Lipinski definition) is 12. The number of likely N-dealkylation sites (N-methyl/N-ethyl adjacent to an activating group) is 3. The van der Waals surface area contributed by atoms with Crippen molar-refractivity contribution in [3.05, 3.63) is 88.4 Å². The molecule has 9 rings (SSSR count). The Bertz CT molecular complexity index is 4670. The van der Waals surface area contributed by atoms with Gasteiger partial charge in [0.15, 0.2) is 0 Å². The smallest absolute Gasteiger partial charge is 0.302 e. The number of aryl methyl sites for hydroxylation is 3. The molecule has 6 aromatic heterocycles. The van der Waals surface area contributed by atoms with Crippen molar-refractivity contribution in [3.8, 4) is 0 Å². The molecule has 21 heteroatoms. The SMILES string of the molecule is [2H]c1nc(N(C)[C@@]2([2H])C([2H])([2H])N(C(=O)C[N+]#[C-])C([2H])([2H])C([2H])([2H])[C@@]2([2H])C([2H])([2H])[2H])c2c([2H])c(C)[nH]c2n1.[2H]c1nc(N(C)[C@@]2([2H])C([2H])([2H])N(C(=O)C[N+]#[C-])C([2H])([2H])C([2H])([2H])[C@@]2([2H])C)c2c([2H])c(C)[nH]c2n1.[2H]c1nc(N([C@@H]2[C@H](C)C([2H])([2H])C([2H])([2H])N(C(=O)C[N+]#[C-])C2([2H])[2H])C([2H])([2H])[2H])c2c([2H])c(C)[nH]c2n1. The summed E-state index contributed by atoms with van der Waals surface area (Å²) in [5.41, 5.74) is 0.628. The number of piperidine rings is 3. The lowest BCUT2D eigenvalue weighted by Crippen LogP contribution is -2.53. The van der Waals surface area contributed by atoms with Crippen LogP contribution in [0, 0.1) is 58.2 Å². The van der Waals surface area contributed by atoms with Gasteiger partial charge in [-0.15, -0.1) is 0 Å². The molecule has 3 aliphatic rings. The van der Waals surface area contributed by atoms with Crippen LogP contribution >= 0.6 is 0 Å². The van der Waals surface area contributed by atoms with Crippen LogP contribution in [-0.4, -0.2) is 175 Å². The third-order valence-electron chi connectivity index (χ3n) is 10.2. The van der Waals surface area contributed by atoms with Crippen molar-refractivity contribution in [2.75, 3.05) is 94.4 Å². The van der Waals surface area contributed by atoms with Gasteiger partial charge in [-0.05, 0) is 75.7 Å². The average molecular weight is 1010 g/mol. The zero-order chi connectivity index (χ0) is 81.8. The Hall–Kier alpha value is -7.86. The number of likely N-dealkylation sites (tertiary alicyclic amines) is 3.